The summed E-state index contributed by atoms with van der Waals surface area (Å²) in [6.45, 7) is 1.42. The molecule has 132 valence electrons. The number of anilines is 1. The number of amides is 1. The van der Waals surface area contributed by atoms with Gasteiger partial charge in [-0.25, -0.2) is 0 Å². The van der Waals surface area contributed by atoms with Crippen molar-refractivity contribution in [2.75, 3.05) is 11.9 Å². The fourth-order valence-corrected chi connectivity index (χ4v) is 3.26. The summed E-state index contributed by atoms with van der Waals surface area (Å²) >= 11 is 13.3. The van der Waals surface area contributed by atoms with Crippen molar-refractivity contribution >= 4 is 57.9 Å². The average Bonchev–Trinajstić information content (AvgIpc) is 3.01. The minimum atomic E-state index is -0.623. The number of hydrogen-bond donors (Lipinski definition) is 1. The fourth-order valence-electron chi connectivity index (χ4n) is 1.93. The van der Waals surface area contributed by atoms with Crippen LogP contribution in [0, 0.1) is 6.92 Å². The van der Waals surface area contributed by atoms with Gasteiger partial charge in [-0.05, 0) is 31.2 Å². The molecule has 0 aliphatic heterocycles. The number of esters is 1. The molecule has 1 aromatic heterocycles. The third kappa shape index (κ3) is 5.85. The zero-order valence-electron chi connectivity index (χ0n) is 13.3. The number of Topliss-reactive ketones (excluding diaryl/α,β-unsaturated/α-hetero) is 1. The predicted octanol–water partition coefficient (Wildman–Crippen LogP) is 4.51. The minimum Gasteiger partial charge on any atom is -0.456 e. The van der Waals surface area contributed by atoms with Crippen molar-refractivity contribution in [1.82, 2.24) is 0 Å². The van der Waals surface area contributed by atoms with Crippen LogP contribution in [-0.2, 0) is 14.3 Å². The molecule has 0 spiro atoms. The summed E-state index contributed by atoms with van der Waals surface area (Å²) in [6.07, 6.45) is -0.0490. The first-order valence-corrected chi connectivity index (χ1v) is 8.93. The number of carbonyl (C=O) groups excluding carboxylic acids is 3. The number of rotatable bonds is 7. The van der Waals surface area contributed by atoms with Crippen LogP contribution in [0.3, 0.4) is 0 Å². The van der Waals surface area contributed by atoms with Gasteiger partial charge in [0.25, 0.3) is 5.91 Å². The molecule has 2 rings (SSSR count). The monoisotopic (exact) mass is 399 g/mol. The maximum absolute atomic E-state index is 11.9. The molecule has 1 amide bonds. The lowest BCUT2D eigenvalue weighted by atomic mass is 10.2. The number of para-hydroxylation sites is 1. The van der Waals surface area contributed by atoms with Gasteiger partial charge in [0.15, 0.2) is 12.4 Å². The molecule has 0 aliphatic rings. The second kappa shape index (κ2) is 8.99. The molecule has 0 atom stereocenters. The Bertz CT molecular complexity index is 783. The molecule has 0 fully saturated rings. The van der Waals surface area contributed by atoms with E-state index in [1.54, 1.807) is 24.3 Å². The summed E-state index contributed by atoms with van der Waals surface area (Å²) in [7, 11) is 0. The standard InChI is InChI=1S/C17H15Cl2NO4S/c1-10-5-7-14(25-10)13(21)6-8-16(23)24-9-15(22)20-17-11(18)3-2-4-12(17)19/h2-5,7H,6,8-9H2,1H3,(H,20,22). The predicted molar refractivity (Wildman–Crippen MR) is 98.7 cm³/mol. The number of halogens is 2. The largest absolute Gasteiger partial charge is 0.456 e. The maximum atomic E-state index is 11.9. The normalized spacial score (nSPS) is 10.4. The van der Waals surface area contributed by atoms with Gasteiger partial charge in [-0.1, -0.05) is 29.3 Å². The highest BCUT2D eigenvalue weighted by Crippen LogP contribution is 2.29. The molecular formula is C17H15Cl2NO4S. The molecule has 1 N–H and O–H groups in total. The number of hydrogen-bond acceptors (Lipinski definition) is 5. The molecule has 1 heterocycles. The first-order valence-electron chi connectivity index (χ1n) is 7.36. The van der Waals surface area contributed by atoms with Crippen molar-refractivity contribution in [2.45, 2.75) is 19.8 Å². The molecule has 2 aromatic rings. The summed E-state index contributed by atoms with van der Waals surface area (Å²) in [6, 6.07) is 8.38. The number of thiophene rings is 1. The molecule has 0 saturated carbocycles. The SMILES string of the molecule is Cc1ccc(C(=O)CCC(=O)OCC(=O)Nc2c(Cl)cccc2Cl)s1. The summed E-state index contributed by atoms with van der Waals surface area (Å²) < 4.78 is 4.86. The van der Waals surface area contributed by atoms with E-state index in [4.69, 9.17) is 27.9 Å². The Morgan fingerprint density at radius 2 is 1.76 bits per heavy atom. The van der Waals surface area contributed by atoms with Crippen LogP contribution in [0.15, 0.2) is 30.3 Å². The van der Waals surface area contributed by atoms with Crippen LogP contribution in [0.25, 0.3) is 0 Å². The zero-order chi connectivity index (χ0) is 18.4. The van der Waals surface area contributed by atoms with Crippen LogP contribution in [0.4, 0.5) is 5.69 Å². The second-order valence-corrected chi connectivity index (χ2v) is 7.24. The number of carbonyl (C=O) groups is 3. The molecular weight excluding hydrogens is 385 g/mol. The first kappa shape index (κ1) is 19.4. The van der Waals surface area contributed by atoms with E-state index in [9.17, 15) is 14.4 Å². The van der Waals surface area contributed by atoms with Gasteiger partial charge in [0.05, 0.1) is 27.0 Å². The first-order chi connectivity index (χ1) is 11.9. The van der Waals surface area contributed by atoms with Crippen LogP contribution in [-0.4, -0.2) is 24.3 Å². The summed E-state index contributed by atoms with van der Waals surface area (Å²) in [4.78, 5) is 37.0. The van der Waals surface area contributed by atoms with Gasteiger partial charge in [-0.15, -0.1) is 11.3 Å². The van der Waals surface area contributed by atoms with Crippen molar-refractivity contribution in [2.24, 2.45) is 0 Å². The Morgan fingerprint density at radius 3 is 2.36 bits per heavy atom. The Kier molecular flexibility index (Phi) is 6.99. The second-order valence-electron chi connectivity index (χ2n) is 5.14. The van der Waals surface area contributed by atoms with E-state index in [0.717, 1.165) is 4.88 Å². The van der Waals surface area contributed by atoms with Crippen LogP contribution >= 0.6 is 34.5 Å². The van der Waals surface area contributed by atoms with E-state index in [1.807, 2.05) is 13.0 Å². The lowest BCUT2D eigenvalue weighted by Gasteiger charge is -2.09. The Balaban J connectivity index is 1.76. The highest BCUT2D eigenvalue weighted by atomic mass is 35.5. The van der Waals surface area contributed by atoms with Crippen molar-refractivity contribution in [3.63, 3.8) is 0 Å². The van der Waals surface area contributed by atoms with Crippen LogP contribution in [0.5, 0.6) is 0 Å². The van der Waals surface area contributed by atoms with Crippen LogP contribution in [0.1, 0.15) is 27.4 Å². The maximum Gasteiger partial charge on any atom is 0.306 e. The van der Waals surface area contributed by atoms with E-state index < -0.39 is 18.5 Å². The molecule has 0 unspecified atom stereocenters. The number of aryl methyl sites for hydroxylation is 1. The van der Waals surface area contributed by atoms with E-state index in [1.165, 1.54) is 11.3 Å². The summed E-state index contributed by atoms with van der Waals surface area (Å²) in [5.74, 6) is -1.31. The van der Waals surface area contributed by atoms with E-state index in [-0.39, 0.29) is 34.4 Å². The Labute approximate surface area is 158 Å². The van der Waals surface area contributed by atoms with Gasteiger partial charge in [-0.2, -0.15) is 0 Å². The summed E-state index contributed by atoms with van der Waals surface area (Å²) in [5.41, 5.74) is 0.259. The number of ketones is 1. The van der Waals surface area contributed by atoms with Crippen molar-refractivity contribution in [3.8, 4) is 0 Å². The lowest BCUT2D eigenvalue weighted by Crippen LogP contribution is -2.21. The van der Waals surface area contributed by atoms with E-state index in [2.05, 4.69) is 5.32 Å². The average molecular weight is 400 g/mol. The molecule has 0 saturated heterocycles. The Hall–Kier alpha value is -1.89. The van der Waals surface area contributed by atoms with Gasteiger partial charge in [0.1, 0.15) is 0 Å². The molecule has 5 nitrogen and oxygen atoms in total. The molecule has 8 heteroatoms. The van der Waals surface area contributed by atoms with Crippen molar-refractivity contribution < 1.29 is 19.1 Å². The topological polar surface area (TPSA) is 72.5 Å². The highest BCUT2D eigenvalue weighted by molar-refractivity contribution is 7.14. The smallest absolute Gasteiger partial charge is 0.306 e. The zero-order valence-corrected chi connectivity index (χ0v) is 15.6. The van der Waals surface area contributed by atoms with Gasteiger partial charge in [0.2, 0.25) is 0 Å². The molecule has 25 heavy (non-hydrogen) atoms. The number of benzene rings is 1. The molecule has 0 radical (unpaired) electrons. The van der Waals surface area contributed by atoms with Gasteiger partial charge in [0, 0.05) is 11.3 Å². The van der Waals surface area contributed by atoms with Gasteiger partial charge < -0.3 is 10.1 Å². The lowest BCUT2D eigenvalue weighted by molar-refractivity contribution is -0.147. The highest BCUT2D eigenvalue weighted by Gasteiger charge is 2.14. The Morgan fingerprint density at radius 1 is 1.08 bits per heavy atom. The molecule has 1 aromatic carbocycles. The van der Waals surface area contributed by atoms with Gasteiger partial charge >= 0.3 is 5.97 Å². The molecule has 0 aliphatic carbocycles. The van der Waals surface area contributed by atoms with Crippen molar-refractivity contribution in [3.05, 3.63) is 50.1 Å². The minimum absolute atomic E-state index is 0.0384. The van der Waals surface area contributed by atoms with E-state index >= 15 is 0 Å². The van der Waals surface area contributed by atoms with Crippen LogP contribution < -0.4 is 5.32 Å². The number of ether oxygens (including phenoxy) is 1. The quantitative estimate of drug-likeness (QED) is 0.548. The summed E-state index contributed by atoms with van der Waals surface area (Å²) in [5, 5.41) is 3.04. The number of nitrogens with one attached hydrogen (secondary N) is 1. The van der Waals surface area contributed by atoms with Gasteiger partial charge in [-0.3, -0.25) is 14.4 Å². The van der Waals surface area contributed by atoms with Crippen molar-refractivity contribution in [1.29, 1.82) is 0 Å². The third-order valence-corrected chi connectivity index (χ3v) is 4.83. The fraction of sp³-hybridized carbons (Fsp3) is 0.235. The third-order valence-electron chi connectivity index (χ3n) is 3.16. The van der Waals surface area contributed by atoms with Crippen LogP contribution in [0.2, 0.25) is 10.0 Å². The van der Waals surface area contributed by atoms with E-state index in [0.29, 0.717) is 4.88 Å². The molecule has 0 bridgehead atoms.